The number of benzene rings is 1. The first kappa shape index (κ1) is 15.5. The van der Waals surface area contributed by atoms with Gasteiger partial charge in [-0.2, -0.15) is 0 Å². The van der Waals surface area contributed by atoms with Gasteiger partial charge in [-0.25, -0.2) is 0 Å². The van der Waals surface area contributed by atoms with Crippen molar-refractivity contribution in [1.29, 1.82) is 0 Å². The van der Waals surface area contributed by atoms with Crippen molar-refractivity contribution in [1.82, 2.24) is 10.6 Å². The van der Waals surface area contributed by atoms with E-state index in [1.807, 2.05) is 31.2 Å². The second-order valence-corrected chi connectivity index (χ2v) is 4.66. The van der Waals surface area contributed by atoms with Gasteiger partial charge in [-0.3, -0.25) is 4.79 Å². The molecule has 0 spiro atoms. The van der Waals surface area contributed by atoms with E-state index in [0.717, 1.165) is 24.3 Å². The Kier molecular flexibility index (Phi) is 6.97. The first-order valence-corrected chi connectivity index (χ1v) is 6.78. The fraction of sp³-hybridized carbons (Fsp3) is 0.533. The summed E-state index contributed by atoms with van der Waals surface area (Å²) >= 11 is 0. The zero-order chi connectivity index (χ0) is 14.1. The second kappa shape index (κ2) is 8.53. The van der Waals surface area contributed by atoms with Crippen LogP contribution in [0.5, 0.6) is 5.75 Å². The molecule has 0 bridgehead atoms. The molecule has 0 fully saturated rings. The van der Waals surface area contributed by atoms with E-state index in [0.29, 0.717) is 13.0 Å². The van der Waals surface area contributed by atoms with Crippen LogP contribution in [-0.4, -0.2) is 25.6 Å². The van der Waals surface area contributed by atoms with Gasteiger partial charge in [0, 0.05) is 25.6 Å². The minimum atomic E-state index is 0.104. The molecule has 106 valence electrons. The lowest BCUT2D eigenvalue weighted by atomic mass is 10.2. The highest BCUT2D eigenvalue weighted by Gasteiger charge is 2.04. The SMILES string of the molecule is CCC(C)NC(=O)CCNCc1cccc(OC)c1. The number of amides is 1. The Bertz CT molecular complexity index is 393. The van der Waals surface area contributed by atoms with E-state index in [9.17, 15) is 4.79 Å². The van der Waals surface area contributed by atoms with E-state index >= 15 is 0 Å². The molecule has 0 radical (unpaired) electrons. The molecule has 4 nitrogen and oxygen atoms in total. The molecular weight excluding hydrogens is 240 g/mol. The Morgan fingerprint density at radius 2 is 2.21 bits per heavy atom. The number of carbonyl (C=O) groups is 1. The topological polar surface area (TPSA) is 50.4 Å². The summed E-state index contributed by atoms with van der Waals surface area (Å²) in [5.41, 5.74) is 1.15. The van der Waals surface area contributed by atoms with Crippen LogP contribution in [0.4, 0.5) is 0 Å². The molecule has 0 aliphatic carbocycles. The van der Waals surface area contributed by atoms with Crippen molar-refractivity contribution in [2.24, 2.45) is 0 Å². The third-order valence-corrected chi connectivity index (χ3v) is 3.01. The summed E-state index contributed by atoms with van der Waals surface area (Å²) in [7, 11) is 1.66. The predicted molar refractivity (Wildman–Crippen MR) is 77.2 cm³/mol. The number of carbonyl (C=O) groups excluding carboxylic acids is 1. The Morgan fingerprint density at radius 3 is 2.89 bits per heavy atom. The van der Waals surface area contributed by atoms with E-state index < -0.39 is 0 Å². The van der Waals surface area contributed by atoms with Crippen molar-refractivity contribution < 1.29 is 9.53 Å². The molecule has 0 aromatic heterocycles. The maximum atomic E-state index is 11.6. The quantitative estimate of drug-likeness (QED) is 0.707. The van der Waals surface area contributed by atoms with Gasteiger partial charge in [0.25, 0.3) is 0 Å². The van der Waals surface area contributed by atoms with Gasteiger partial charge in [0.05, 0.1) is 7.11 Å². The Balaban J connectivity index is 2.21. The highest BCUT2D eigenvalue weighted by Crippen LogP contribution is 2.11. The summed E-state index contributed by atoms with van der Waals surface area (Å²) in [6.45, 7) is 5.50. The normalized spacial score (nSPS) is 11.9. The number of hydrogen-bond acceptors (Lipinski definition) is 3. The first-order valence-electron chi connectivity index (χ1n) is 6.78. The van der Waals surface area contributed by atoms with Crippen LogP contribution in [0.2, 0.25) is 0 Å². The van der Waals surface area contributed by atoms with Crippen LogP contribution in [0, 0.1) is 0 Å². The molecule has 0 heterocycles. The number of ether oxygens (including phenoxy) is 1. The fourth-order valence-electron chi connectivity index (χ4n) is 1.67. The third kappa shape index (κ3) is 6.25. The lowest BCUT2D eigenvalue weighted by Crippen LogP contribution is -2.33. The van der Waals surface area contributed by atoms with Crippen molar-refractivity contribution in [3.63, 3.8) is 0 Å². The lowest BCUT2D eigenvalue weighted by molar-refractivity contribution is -0.121. The number of hydrogen-bond donors (Lipinski definition) is 2. The molecular formula is C15H24N2O2. The zero-order valence-electron chi connectivity index (χ0n) is 12.0. The van der Waals surface area contributed by atoms with E-state index in [1.165, 1.54) is 0 Å². The van der Waals surface area contributed by atoms with Crippen molar-refractivity contribution in [3.8, 4) is 5.75 Å². The maximum absolute atomic E-state index is 11.6. The minimum absolute atomic E-state index is 0.104. The Labute approximate surface area is 115 Å². The average molecular weight is 264 g/mol. The third-order valence-electron chi connectivity index (χ3n) is 3.01. The van der Waals surface area contributed by atoms with Gasteiger partial charge in [0.15, 0.2) is 0 Å². The van der Waals surface area contributed by atoms with Gasteiger partial charge >= 0.3 is 0 Å². The molecule has 0 aliphatic heterocycles. The molecule has 0 saturated heterocycles. The van der Waals surface area contributed by atoms with Gasteiger partial charge in [0.2, 0.25) is 5.91 Å². The predicted octanol–water partition coefficient (Wildman–Crippen LogP) is 2.09. The fourth-order valence-corrected chi connectivity index (χ4v) is 1.67. The van der Waals surface area contributed by atoms with Crippen LogP contribution in [0.25, 0.3) is 0 Å². The molecule has 1 aromatic rings. The summed E-state index contributed by atoms with van der Waals surface area (Å²) in [5, 5.41) is 6.21. The van der Waals surface area contributed by atoms with E-state index in [2.05, 4.69) is 17.6 Å². The molecule has 0 aliphatic rings. The van der Waals surface area contributed by atoms with Crippen molar-refractivity contribution in [2.45, 2.75) is 39.3 Å². The van der Waals surface area contributed by atoms with Crippen LogP contribution in [0.1, 0.15) is 32.3 Å². The molecule has 19 heavy (non-hydrogen) atoms. The standard InChI is InChI=1S/C15H24N2O2/c1-4-12(2)17-15(18)8-9-16-11-13-6-5-7-14(10-13)19-3/h5-7,10,12,16H,4,8-9,11H2,1-3H3,(H,17,18). The highest BCUT2D eigenvalue weighted by molar-refractivity contribution is 5.76. The van der Waals surface area contributed by atoms with Crippen LogP contribution >= 0.6 is 0 Å². The maximum Gasteiger partial charge on any atom is 0.221 e. The summed E-state index contributed by atoms with van der Waals surface area (Å²) in [4.78, 5) is 11.6. The number of nitrogens with one attached hydrogen (secondary N) is 2. The number of methoxy groups -OCH3 is 1. The highest BCUT2D eigenvalue weighted by atomic mass is 16.5. The second-order valence-electron chi connectivity index (χ2n) is 4.66. The van der Waals surface area contributed by atoms with Crippen LogP contribution in [-0.2, 0) is 11.3 Å². The molecule has 4 heteroatoms. The molecule has 1 amide bonds. The summed E-state index contributed by atoms with van der Waals surface area (Å²) in [6, 6.07) is 8.17. The molecule has 1 atom stereocenters. The monoisotopic (exact) mass is 264 g/mol. The van der Waals surface area contributed by atoms with Gasteiger partial charge in [-0.05, 0) is 31.0 Å². The van der Waals surface area contributed by atoms with E-state index in [1.54, 1.807) is 7.11 Å². The summed E-state index contributed by atoms with van der Waals surface area (Å²) < 4.78 is 5.16. The van der Waals surface area contributed by atoms with Gasteiger partial charge in [-0.15, -0.1) is 0 Å². The van der Waals surface area contributed by atoms with Crippen LogP contribution in [0.15, 0.2) is 24.3 Å². The zero-order valence-corrected chi connectivity index (χ0v) is 12.0. The smallest absolute Gasteiger partial charge is 0.221 e. The van der Waals surface area contributed by atoms with Gasteiger partial charge < -0.3 is 15.4 Å². The van der Waals surface area contributed by atoms with Crippen molar-refractivity contribution >= 4 is 5.91 Å². The summed E-state index contributed by atoms with van der Waals surface area (Å²) in [5.74, 6) is 0.960. The van der Waals surface area contributed by atoms with E-state index in [-0.39, 0.29) is 11.9 Å². The van der Waals surface area contributed by atoms with Gasteiger partial charge in [0.1, 0.15) is 5.75 Å². The van der Waals surface area contributed by atoms with Gasteiger partial charge in [-0.1, -0.05) is 19.1 Å². The largest absolute Gasteiger partial charge is 0.497 e. The number of rotatable bonds is 8. The summed E-state index contributed by atoms with van der Waals surface area (Å²) in [6.07, 6.45) is 1.47. The Hall–Kier alpha value is -1.55. The first-order chi connectivity index (χ1) is 9.15. The molecule has 1 aromatic carbocycles. The molecule has 1 unspecified atom stereocenters. The van der Waals surface area contributed by atoms with Crippen molar-refractivity contribution in [2.75, 3.05) is 13.7 Å². The lowest BCUT2D eigenvalue weighted by Gasteiger charge is -2.11. The van der Waals surface area contributed by atoms with Crippen molar-refractivity contribution in [3.05, 3.63) is 29.8 Å². The Morgan fingerprint density at radius 1 is 1.42 bits per heavy atom. The van der Waals surface area contributed by atoms with Crippen LogP contribution in [0.3, 0.4) is 0 Å². The molecule has 0 saturated carbocycles. The molecule has 2 N–H and O–H groups in total. The van der Waals surface area contributed by atoms with E-state index in [4.69, 9.17) is 4.74 Å². The minimum Gasteiger partial charge on any atom is -0.497 e. The molecule has 1 rings (SSSR count). The average Bonchev–Trinajstić information content (AvgIpc) is 2.43. The van der Waals surface area contributed by atoms with Crippen LogP contribution < -0.4 is 15.4 Å².